The van der Waals surface area contributed by atoms with Crippen molar-refractivity contribution < 1.29 is 28.6 Å². The molecule has 1 heterocycles. The lowest BCUT2D eigenvalue weighted by Gasteiger charge is -2.28. The molecule has 0 radical (unpaired) electrons. The lowest BCUT2D eigenvalue weighted by Crippen LogP contribution is -2.36. The largest absolute Gasteiger partial charge is 0.497 e. The van der Waals surface area contributed by atoms with E-state index in [9.17, 15) is 14.4 Å². The Morgan fingerprint density at radius 2 is 1.41 bits per heavy atom. The summed E-state index contributed by atoms with van der Waals surface area (Å²) in [7, 11) is 3.19. The molecular weight excluding hydrogens is 522 g/mol. The fourth-order valence-corrected chi connectivity index (χ4v) is 4.64. The van der Waals surface area contributed by atoms with Crippen LogP contribution in [0.1, 0.15) is 42.4 Å². The van der Waals surface area contributed by atoms with Crippen LogP contribution < -0.4 is 25.3 Å². The second kappa shape index (κ2) is 14.0. The second-order valence-electron chi connectivity index (χ2n) is 9.74. The van der Waals surface area contributed by atoms with Gasteiger partial charge in [-0.15, -0.1) is 0 Å². The standard InChI is InChI=1S/C32H35N3O6/c1-39-27-18-23(19-28(21-27)40-2)20-29(31(37)35-16-4-3-5-17-35)24-9-13-26(14-10-24)41-25-11-6-22(7-12-25)8-15-30(36)34-32(33)38/h6-7,9-14,18-21H,3-5,8,15-17H2,1-2H3,(H3,33,34,36,38)/b29-20+. The zero-order valence-electron chi connectivity index (χ0n) is 23.4. The first-order valence-electron chi connectivity index (χ1n) is 13.5. The predicted octanol–water partition coefficient (Wildman–Crippen LogP) is 5.18. The maximum Gasteiger partial charge on any atom is 0.318 e. The average Bonchev–Trinajstić information content (AvgIpc) is 2.99. The van der Waals surface area contributed by atoms with E-state index < -0.39 is 11.9 Å². The van der Waals surface area contributed by atoms with E-state index in [1.165, 1.54) is 0 Å². The van der Waals surface area contributed by atoms with Gasteiger partial charge in [0.1, 0.15) is 23.0 Å². The number of aryl methyl sites for hydroxylation is 1. The van der Waals surface area contributed by atoms with Gasteiger partial charge in [-0.2, -0.15) is 0 Å². The molecule has 3 N–H and O–H groups in total. The quantitative estimate of drug-likeness (QED) is 0.262. The summed E-state index contributed by atoms with van der Waals surface area (Å²) in [5.74, 6) is 2.10. The van der Waals surface area contributed by atoms with Gasteiger partial charge in [0.15, 0.2) is 0 Å². The van der Waals surface area contributed by atoms with Crippen molar-refractivity contribution in [2.24, 2.45) is 5.73 Å². The number of imide groups is 1. The molecule has 4 rings (SSSR count). The van der Waals surface area contributed by atoms with Crippen molar-refractivity contribution in [3.8, 4) is 23.0 Å². The van der Waals surface area contributed by atoms with Crippen LogP contribution in [-0.2, 0) is 16.0 Å². The van der Waals surface area contributed by atoms with Crippen LogP contribution >= 0.6 is 0 Å². The Balaban J connectivity index is 1.52. The number of benzene rings is 3. The number of carbonyl (C=O) groups is 3. The Bertz CT molecular complexity index is 1370. The SMILES string of the molecule is COc1cc(/C=C(/C(=O)N2CCCCC2)c2ccc(Oc3ccc(CCC(=O)NC(N)=O)cc3)cc2)cc(OC)c1. The molecule has 0 aromatic heterocycles. The Kier molecular flexibility index (Phi) is 9.99. The summed E-state index contributed by atoms with van der Waals surface area (Å²) in [5, 5.41) is 2.05. The number of ether oxygens (including phenoxy) is 3. The van der Waals surface area contributed by atoms with Gasteiger partial charge in [0.05, 0.1) is 14.2 Å². The van der Waals surface area contributed by atoms with E-state index in [0.717, 1.165) is 49.0 Å². The minimum Gasteiger partial charge on any atom is -0.497 e. The lowest BCUT2D eigenvalue weighted by atomic mass is 9.99. The number of primary amides is 1. The lowest BCUT2D eigenvalue weighted by molar-refractivity contribution is -0.125. The van der Waals surface area contributed by atoms with Crippen LogP contribution in [-0.4, -0.2) is 50.1 Å². The van der Waals surface area contributed by atoms with E-state index in [-0.39, 0.29) is 12.3 Å². The topological polar surface area (TPSA) is 120 Å². The Hall–Kier alpha value is -4.79. The summed E-state index contributed by atoms with van der Waals surface area (Å²) in [6.07, 6.45) is 5.62. The van der Waals surface area contributed by atoms with Crippen LogP contribution in [0, 0.1) is 0 Å². The summed E-state index contributed by atoms with van der Waals surface area (Å²) in [4.78, 5) is 38.0. The van der Waals surface area contributed by atoms with Gasteiger partial charge in [0.25, 0.3) is 5.91 Å². The minimum absolute atomic E-state index is 0.0137. The highest BCUT2D eigenvalue weighted by Gasteiger charge is 2.22. The first-order valence-corrected chi connectivity index (χ1v) is 13.5. The molecule has 0 bridgehead atoms. The van der Waals surface area contributed by atoms with Crippen molar-refractivity contribution in [1.29, 1.82) is 0 Å². The number of nitrogens with one attached hydrogen (secondary N) is 1. The number of hydrogen-bond acceptors (Lipinski definition) is 6. The highest BCUT2D eigenvalue weighted by molar-refractivity contribution is 6.24. The first kappa shape index (κ1) is 29.2. The van der Waals surface area contributed by atoms with E-state index in [4.69, 9.17) is 19.9 Å². The number of rotatable bonds is 10. The van der Waals surface area contributed by atoms with Gasteiger partial charge in [0.2, 0.25) is 5.91 Å². The molecule has 0 spiro atoms. The molecule has 3 aromatic rings. The van der Waals surface area contributed by atoms with Gasteiger partial charge in [-0.05, 0) is 84.8 Å². The molecule has 1 aliphatic rings. The van der Waals surface area contributed by atoms with Crippen LogP contribution in [0.15, 0.2) is 66.7 Å². The number of amides is 4. The maximum atomic E-state index is 13.7. The van der Waals surface area contributed by atoms with E-state index in [1.54, 1.807) is 20.3 Å². The zero-order valence-corrected chi connectivity index (χ0v) is 23.4. The van der Waals surface area contributed by atoms with E-state index in [1.807, 2.05) is 71.6 Å². The molecule has 9 nitrogen and oxygen atoms in total. The monoisotopic (exact) mass is 557 g/mol. The van der Waals surface area contributed by atoms with Crippen LogP contribution in [0.2, 0.25) is 0 Å². The van der Waals surface area contributed by atoms with Gasteiger partial charge in [-0.1, -0.05) is 24.3 Å². The molecule has 1 aliphatic heterocycles. The predicted molar refractivity (Wildman–Crippen MR) is 157 cm³/mol. The summed E-state index contributed by atoms with van der Waals surface area (Å²) in [5.41, 5.74) is 8.05. The molecule has 1 saturated heterocycles. The third kappa shape index (κ3) is 8.35. The average molecular weight is 558 g/mol. The Morgan fingerprint density at radius 1 is 0.829 bits per heavy atom. The molecular formula is C32H35N3O6. The summed E-state index contributed by atoms with van der Waals surface area (Å²) >= 11 is 0. The fourth-order valence-electron chi connectivity index (χ4n) is 4.64. The minimum atomic E-state index is -0.858. The summed E-state index contributed by atoms with van der Waals surface area (Å²) in [6, 6.07) is 19.5. The molecule has 1 fully saturated rings. The fraction of sp³-hybridized carbons (Fsp3) is 0.281. The number of methoxy groups -OCH3 is 2. The molecule has 4 amide bonds. The van der Waals surface area contributed by atoms with Crippen molar-refractivity contribution in [2.75, 3.05) is 27.3 Å². The molecule has 9 heteroatoms. The van der Waals surface area contributed by atoms with Crippen LogP contribution in [0.25, 0.3) is 11.6 Å². The highest BCUT2D eigenvalue weighted by atomic mass is 16.5. The molecule has 3 aromatic carbocycles. The van der Waals surface area contributed by atoms with Gasteiger partial charge in [-0.25, -0.2) is 4.79 Å². The van der Waals surface area contributed by atoms with Gasteiger partial charge in [-0.3, -0.25) is 14.9 Å². The van der Waals surface area contributed by atoms with Crippen molar-refractivity contribution in [3.63, 3.8) is 0 Å². The van der Waals surface area contributed by atoms with E-state index in [2.05, 4.69) is 5.32 Å². The molecule has 0 atom stereocenters. The molecule has 0 aliphatic carbocycles. The third-order valence-corrected chi connectivity index (χ3v) is 6.79. The molecule has 0 saturated carbocycles. The van der Waals surface area contributed by atoms with Crippen molar-refractivity contribution >= 4 is 29.5 Å². The number of urea groups is 1. The van der Waals surface area contributed by atoms with Crippen LogP contribution in [0.4, 0.5) is 4.79 Å². The Morgan fingerprint density at radius 3 is 1.98 bits per heavy atom. The van der Waals surface area contributed by atoms with Crippen molar-refractivity contribution in [3.05, 3.63) is 83.4 Å². The number of nitrogens with zero attached hydrogens (tertiary/aromatic N) is 1. The number of likely N-dealkylation sites (tertiary alicyclic amines) is 1. The maximum absolute atomic E-state index is 13.7. The normalized spacial score (nSPS) is 13.3. The van der Waals surface area contributed by atoms with Crippen molar-refractivity contribution in [2.45, 2.75) is 32.1 Å². The number of hydrogen-bond donors (Lipinski definition) is 2. The highest BCUT2D eigenvalue weighted by Crippen LogP contribution is 2.30. The number of carbonyl (C=O) groups excluding carboxylic acids is 3. The molecule has 214 valence electrons. The second-order valence-corrected chi connectivity index (χ2v) is 9.74. The van der Waals surface area contributed by atoms with Crippen LogP contribution in [0.3, 0.4) is 0 Å². The van der Waals surface area contributed by atoms with E-state index in [0.29, 0.717) is 35.0 Å². The van der Waals surface area contributed by atoms with Crippen molar-refractivity contribution in [1.82, 2.24) is 10.2 Å². The van der Waals surface area contributed by atoms with Crippen LogP contribution in [0.5, 0.6) is 23.0 Å². The smallest absolute Gasteiger partial charge is 0.318 e. The third-order valence-electron chi connectivity index (χ3n) is 6.79. The molecule has 0 unspecified atom stereocenters. The number of nitrogens with two attached hydrogens (primary N) is 1. The Labute approximate surface area is 239 Å². The molecule has 41 heavy (non-hydrogen) atoms. The van der Waals surface area contributed by atoms with Gasteiger partial charge in [0, 0.05) is 31.1 Å². The van der Waals surface area contributed by atoms with E-state index >= 15 is 0 Å². The number of piperidine rings is 1. The summed E-state index contributed by atoms with van der Waals surface area (Å²) < 4.78 is 16.9. The van der Waals surface area contributed by atoms with Gasteiger partial charge >= 0.3 is 6.03 Å². The first-order chi connectivity index (χ1) is 19.8. The zero-order chi connectivity index (χ0) is 29.2. The summed E-state index contributed by atoms with van der Waals surface area (Å²) in [6.45, 7) is 1.48. The van der Waals surface area contributed by atoms with Gasteiger partial charge < -0.3 is 24.8 Å².